The van der Waals surface area contributed by atoms with Crippen molar-refractivity contribution in [3.8, 4) is 11.4 Å². The molecule has 0 amide bonds. The van der Waals surface area contributed by atoms with Gasteiger partial charge in [0.2, 0.25) is 15.2 Å². The highest BCUT2D eigenvalue weighted by molar-refractivity contribution is 7.99. The van der Waals surface area contributed by atoms with Gasteiger partial charge >= 0.3 is 0 Å². The molecule has 11 heteroatoms. The van der Waals surface area contributed by atoms with E-state index in [0.29, 0.717) is 29.6 Å². The fraction of sp³-hybridized carbons (Fsp3) is 0.300. The van der Waals surface area contributed by atoms with E-state index in [1.54, 1.807) is 50.2 Å². The van der Waals surface area contributed by atoms with E-state index in [1.807, 2.05) is 6.92 Å². The van der Waals surface area contributed by atoms with Gasteiger partial charge in [-0.2, -0.15) is 4.31 Å². The molecule has 166 valence electrons. The second kappa shape index (κ2) is 9.56. The maximum atomic E-state index is 13.4. The van der Waals surface area contributed by atoms with Gasteiger partial charge in [-0.1, -0.05) is 55.4 Å². The first kappa shape index (κ1) is 23.5. The molecule has 1 unspecified atom stereocenters. The molecule has 0 aliphatic heterocycles. The van der Waals surface area contributed by atoms with Gasteiger partial charge in [-0.3, -0.25) is 0 Å². The van der Waals surface area contributed by atoms with Crippen molar-refractivity contribution < 1.29 is 12.8 Å². The van der Waals surface area contributed by atoms with Crippen molar-refractivity contribution >= 4 is 33.4 Å². The molecule has 3 aromatic rings. The van der Waals surface area contributed by atoms with Crippen LogP contribution in [0.5, 0.6) is 0 Å². The number of hydrogen-bond acceptors (Lipinski definition) is 6. The summed E-state index contributed by atoms with van der Waals surface area (Å²) in [6.07, 6.45) is 0. The second-order valence-electron chi connectivity index (χ2n) is 6.73. The lowest BCUT2D eigenvalue weighted by Crippen LogP contribution is -2.30. The Morgan fingerprint density at radius 2 is 1.90 bits per heavy atom. The van der Waals surface area contributed by atoms with E-state index in [9.17, 15) is 12.8 Å². The SMILES string of the molecule is CCN(CC)S(=O)(=O)c1cccc(-c2nnc(SC(C)c3ccc(F)c(Cl)c3)n2N)c1. The molecule has 0 bridgehead atoms. The lowest BCUT2D eigenvalue weighted by atomic mass is 10.2. The van der Waals surface area contributed by atoms with Crippen LogP contribution in [0.25, 0.3) is 11.4 Å². The summed E-state index contributed by atoms with van der Waals surface area (Å²) in [7, 11) is -3.61. The molecule has 0 fully saturated rings. The zero-order chi connectivity index (χ0) is 22.8. The van der Waals surface area contributed by atoms with Gasteiger partial charge in [0.05, 0.1) is 9.92 Å². The summed E-state index contributed by atoms with van der Waals surface area (Å²) >= 11 is 7.21. The van der Waals surface area contributed by atoms with Gasteiger partial charge < -0.3 is 5.84 Å². The van der Waals surface area contributed by atoms with Crippen molar-refractivity contribution in [2.24, 2.45) is 0 Å². The summed E-state index contributed by atoms with van der Waals surface area (Å²) in [6, 6.07) is 11.0. The number of hydrogen-bond donors (Lipinski definition) is 1. The van der Waals surface area contributed by atoms with E-state index in [1.165, 1.54) is 26.8 Å². The zero-order valence-electron chi connectivity index (χ0n) is 17.3. The molecule has 7 nitrogen and oxygen atoms in total. The van der Waals surface area contributed by atoms with Crippen LogP contribution in [0.15, 0.2) is 52.5 Å². The Morgan fingerprint density at radius 1 is 1.19 bits per heavy atom. The molecule has 31 heavy (non-hydrogen) atoms. The number of nitrogens with two attached hydrogens (primary N) is 1. The van der Waals surface area contributed by atoms with Crippen LogP contribution >= 0.6 is 23.4 Å². The van der Waals surface area contributed by atoms with Crippen LogP contribution in [0, 0.1) is 5.82 Å². The molecule has 2 N–H and O–H groups in total. The van der Waals surface area contributed by atoms with Crippen LogP contribution < -0.4 is 5.84 Å². The summed E-state index contributed by atoms with van der Waals surface area (Å²) < 4.78 is 41.8. The van der Waals surface area contributed by atoms with Crippen LogP contribution in [0.2, 0.25) is 5.02 Å². The van der Waals surface area contributed by atoms with E-state index in [0.717, 1.165) is 5.56 Å². The molecule has 0 saturated carbocycles. The third-order valence-electron chi connectivity index (χ3n) is 4.80. The Labute approximate surface area is 190 Å². The highest BCUT2D eigenvalue weighted by Gasteiger charge is 2.23. The van der Waals surface area contributed by atoms with Gasteiger partial charge in [-0.25, -0.2) is 17.5 Å². The predicted molar refractivity (Wildman–Crippen MR) is 121 cm³/mol. The average molecular weight is 484 g/mol. The average Bonchev–Trinajstić information content (AvgIpc) is 3.11. The topological polar surface area (TPSA) is 94.1 Å². The fourth-order valence-corrected chi connectivity index (χ4v) is 5.63. The Balaban J connectivity index is 1.89. The van der Waals surface area contributed by atoms with Crippen LogP contribution in [0.1, 0.15) is 31.6 Å². The second-order valence-corrected chi connectivity index (χ2v) is 10.4. The summed E-state index contributed by atoms with van der Waals surface area (Å²) in [6.45, 7) is 6.26. The summed E-state index contributed by atoms with van der Waals surface area (Å²) in [4.78, 5) is 0.167. The van der Waals surface area contributed by atoms with Gasteiger partial charge in [0.25, 0.3) is 0 Å². The molecular weight excluding hydrogens is 461 g/mol. The standard InChI is InChI=1S/C20H23ClFN5O2S2/c1-4-26(5-2)31(28,29)16-8-6-7-15(11-16)19-24-25-20(27(19)23)30-13(3)14-9-10-18(22)17(21)12-14/h6-13H,4-5,23H2,1-3H3. The van der Waals surface area contributed by atoms with E-state index in [4.69, 9.17) is 17.4 Å². The Morgan fingerprint density at radius 3 is 2.55 bits per heavy atom. The Hall–Kier alpha value is -2.14. The third-order valence-corrected chi connectivity index (χ3v) is 8.25. The zero-order valence-corrected chi connectivity index (χ0v) is 19.7. The minimum absolute atomic E-state index is 0.0473. The number of sulfonamides is 1. The van der Waals surface area contributed by atoms with E-state index in [-0.39, 0.29) is 15.2 Å². The van der Waals surface area contributed by atoms with E-state index in [2.05, 4.69) is 10.2 Å². The monoisotopic (exact) mass is 483 g/mol. The molecule has 1 aromatic heterocycles. The van der Waals surface area contributed by atoms with Crippen molar-refractivity contribution in [3.05, 3.63) is 58.9 Å². The summed E-state index contributed by atoms with van der Waals surface area (Å²) in [5.41, 5.74) is 1.35. The number of aromatic nitrogens is 3. The molecule has 3 rings (SSSR count). The quantitative estimate of drug-likeness (QED) is 0.378. The predicted octanol–water partition coefficient (Wildman–Crippen LogP) is 4.34. The van der Waals surface area contributed by atoms with Gasteiger partial charge in [0.1, 0.15) is 5.82 Å². The molecule has 1 atom stereocenters. The van der Waals surface area contributed by atoms with Gasteiger partial charge in [0, 0.05) is 23.9 Å². The summed E-state index contributed by atoms with van der Waals surface area (Å²) in [5.74, 6) is 6.07. The number of nitrogens with zero attached hydrogens (tertiary/aromatic N) is 4. The van der Waals surface area contributed by atoms with Gasteiger partial charge in [-0.15, -0.1) is 10.2 Å². The third kappa shape index (κ3) is 4.87. The first-order valence-electron chi connectivity index (χ1n) is 9.61. The largest absolute Gasteiger partial charge is 0.335 e. The maximum absolute atomic E-state index is 13.4. The Bertz CT molecular complexity index is 1180. The number of benzene rings is 2. The molecule has 2 aromatic carbocycles. The first-order valence-corrected chi connectivity index (χ1v) is 12.3. The lowest BCUT2D eigenvalue weighted by molar-refractivity contribution is 0.445. The van der Waals surface area contributed by atoms with Crippen molar-refractivity contribution in [1.82, 2.24) is 19.2 Å². The lowest BCUT2D eigenvalue weighted by Gasteiger charge is -2.18. The molecule has 0 radical (unpaired) electrons. The summed E-state index contributed by atoms with van der Waals surface area (Å²) in [5, 5.41) is 8.65. The van der Waals surface area contributed by atoms with E-state index < -0.39 is 15.8 Å². The highest BCUT2D eigenvalue weighted by Crippen LogP contribution is 2.36. The van der Waals surface area contributed by atoms with E-state index >= 15 is 0 Å². The van der Waals surface area contributed by atoms with Gasteiger partial charge in [-0.05, 0) is 36.8 Å². The number of rotatable bonds is 8. The van der Waals surface area contributed by atoms with Crippen molar-refractivity contribution in [3.63, 3.8) is 0 Å². The number of nitrogen functional groups attached to an aromatic ring is 1. The van der Waals surface area contributed by atoms with Crippen molar-refractivity contribution in [2.45, 2.75) is 36.1 Å². The van der Waals surface area contributed by atoms with Crippen LogP contribution in [0.3, 0.4) is 0 Å². The molecule has 0 aliphatic carbocycles. The maximum Gasteiger partial charge on any atom is 0.243 e. The minimum Gasteiger partial charge on any atom is -0.335 e. The Kier molecular flexibility index (Phi) is 7.25. The van der Waals surface area contributed by atoms with Crippen molar-refractivity contribution in [2.75, 3.05) is 18.9 Å². The van der Waals surface area contributed by atoms with Gasteiger partial charge in [0.15, 0.2) is 5.82 Å². The van der Waals surface area contributed by atoms with Crippen LogP contribution in [0.4, 0.5) is 4.39 Å². The first-order chi connectivity index (χ1) is 14.7. The minimum atomic E-state index is -3.61. The molecule has 0 aliphatic rings. The number of halogens is 2. The smallest absolute Gasteiger partial charge is 0.243 e. The normalized spacial score (nSPS) is 13.0. The molecule has 0 saturated heterocycles. The van der Waals surface area contributed by atoms with Crippen LogP contribution in [-0.2, 0) is 10.0 Å². The fourth-order valence-electron chi connectivity index (χ4n) is 3.05. The molecule has 1 heterocycles. The highest BCUT2D eigenvalue weighted by atomic mass is 35.5. The molecular formula is C20H23ClFN5O2S2. The van der Waals surface area contributed by atoms with Crippen molar-refractivity contribution in [1.29, 1.82) is 0 Å². The number of thioether (sulfide) groups is 1. The van der Waals surface area contributed by atoms with Crippen LogP contribution in [-0.4, -0.2) is 40.7 Å². The molecule has 0 spiro atoms.